The molecule has 0 radical (unpaired) electrons. The Bertz CT molecular complexity index is 709. The largest absolute Gasteiger partial charge is 0.290 e. The molecule has 102 valence electrons. The van der Waals surface area contributed by atoms with Crippen LogP contribution in [0.25, 0.3) is 0 Å². The Labute approximate surface area is 117 Å². The van der Waals surface area contributed by atoms with E-state index in [4.69, 9.17) is 1.37 Å². The second-order valence-electron chi connectivity index (χ2n) is 5.38. The van der Waals surface area contributed by atoms with E-state index in [0.717, 1.165) is 18.4 Å². The van der Waals surface area contributed by atoms with Crippen molar-refractivity contribution in [2.24, 2.45) is 5.92 Å². The minimum atomic E-state index is -2.30. The lowest BCUT2D eigenvalue weighted by Gasteiger charge is -2.11. The molecule has 4 rings (SSSR count). The number of carbonyl (C=O) groups excluding carboxylic acids is 1. The molecule has 2 atom stereocenters. The summed E-state index contributed by atoms with van der Waals surface area (Å²) < 4.78 is 23.7. The molecule has 2 aromatic rings. The van der Waals surface area contributed by atoms with Crippen LogP contribution in [0, 0.1) is 5.92 Å². The molecule has 1 aromatic heterocycles. The molecule has 5 heteroatoms. The summed E-state index contributed by atoms with van der Waals surface area (Å²) in [6.45, 7) is 0. The van der Waals surface area contributed by atoms with Crippen molar-refractivity contribution in [3.05, 3.63) is 47.5 Å². The molecule has 0 N–H and O–H groups in total. The number of hydrogen-bond acceptors (Lipinski definition) is 3. The minimum Gasteiger partial charge on any atom is -0.290 e. The van der Waals surface area contributed by atoms with Crippen LogP contribution in [0.2, 0.25) is 0 Å². The molecule has 20 heavy (non-hydrogen) atoms. The summed E-state index contributed by atoms with van der Waals surface area (Å²) in [6.07, 6.45) is -0.612. The van der Waals surface area contributed by atoms with Gasteiger partial charge >= 0.3 is 0 Å². The molecule has 0 amide bonds. The molecule has 1 saturated carbocycles. The van der Waals surface area contributed by atoms with Crippen molar-refractivity contribution in [2.45, 2.75) is 31.5 Å². The van der Waals surface area contributed by atoms with E-state index in [0.29, 0.717) is 0 Å². The quantitative estimate of drug-likeness (QED) is 0.807. The van der Waals surface area contributed by atoms with Crippen molar-refractivity contribution in [1.29, 1.82) is 0 Å². The van der Waals surface area contributed by atoms with Crippen LogP contribution in [-0.2, 0) is 0 Å². The molecule has 2 unspecified atom stereocenters. The number of carbonyl (C=O) groups is 1. The molecule has 1 aliphatic heterocycles. The molecule has 1 aromatic carbocycles. The third kappa shape index (κ3) is 1.77. The highest BCUT2D eigenvalue weighted by Crippen LogP contribution is 2.40. The number of ketones is 1. The molecule has 1 fully saturated rings. The zero-order valence-corrected chi connectivity index (χ0v) is 10.8. The molecule has 0 saturated heterocycles. The number of halogens is 1. The lowest BCUT2D eigenvalue weighted by atomic mass is 10.0. The van der Waals surface area contributed by atoms with Gasteiger partial charge in [0.1, 0.15) is 0 Å². The molecular weight excluding hydrogens is 257 g/mol. The molecule has 1 aliphatic carbocycles. The van der Waals surface area contributed by atoms with Crippen LogP contribution in [0.5, 0.6) is 0 Å². The topological polar surface area (TPSA) is 47.8 Å². The van der Waals surface area contributed by atoms with E-state index in [1.54, 1.807) is 0 Å². The summed E-state index contributed by atoms with van der Waals surface area (Å²) in [4.78, 5) is 16.1. The van der Waals surface area contributed by atoms with E-state index in [9.17, 15) is 9.18 Å². The van der Waals surface area contributed by atoms with E-state index in [-0.39, 0.29) is 35.8 Å². The Balaban J connectivity index is 1.77. The van der Waals surface area contributed by atoms with E-state index in [2.05, 4.69) is 10.1 Å². The fourth-order valence-electron chi connectivity index (χ4n) is 2.64. The predicted octanol–water partition coefficient (Wildman–Crippen LogP) is 2.87. The third-order valence-electron chi connectivity index (χ3n) is 3.89. The van der Waals surface area contributed by atoms with Crippen molar-refractivity contribution >= 4 is 5.78 Å². The molecule has 0 bridgehead atoms. The maximum absolute atomic E-state index is 14.5. The number of hydrogen-bond donors (Lipinski definition) is 0. The number of fused-ring (bicyclic) bond motifs is 1. The van der Waals surface area contributed by atoms with E-state index in [1.165, 1.54) is 4.68 Å². The number of nitrogens with zero attached hydrogens (tertiary/aromatic N) is 3. The summed E-state index contributed by atoms with van der Waals surface area (Å²) in [5, 5.41) is 4.20. The average molecular weight is 272 g/mol. The highest BCUT2D eigenvalue weighted by molar-refractivity contribution is 5.95. The number of alkyl halides is 1. The first-order valence-electron chi connectivity index (χ1n) is 7.31. The van der Waals surface area contributed by atoms with E-state index in [1.807, 2.05) is 30.3 Å². The lowest BCUT2D eigenvalue weighted by Crippen LogP contribution is -2.10. The summed E-state index contributed by atoms with van der Waals surface area (Å²) >= 11 is 0. The zero-order chi connectivity index (χ0) is 14.6. The van der Waals surface area contributed by atoms with Gasteiger partial charge in [0.05, 0.1) is 7.41 Å². The SMILES string of the molecule is [2H]C1(F)CC(c2ccccc2)n2nc(C(=O)C3CC3)nc21. The molecule has 2 heterocycles. The van der Waals surface area contributed by atoms with Crippen LogP contribution in [-0.4, -0.2) is 20.5 Å². The molecule has 2 aliphatic rings. The van der Waals surface area contributed by atoms with Crippen molar-refractivity contribution in [3.63, 3.8) is 0 Å². The minimum absolute atomic E-state index is 0.0111. The van der Waals surface area contributed by atoms with E-state index >= 15 is 0 Å². The van der Waals surface area contributed by atoms with Gasteiger partial charge in [-0.05, 0) is 18.4 Å². The van der Waals surface area contributed by atoms with Gasteiger partial charge in [-0.2, -0.15) is 0 Å². The van der Waals surface area contributed by atoms with Gasteiger partial charge in [-0.25, -0.2) is 14.1 Å². The highest BCUT2D eigenvalue weighted by atomic mass is 19.1. The standard InChI is InChI=1S/C15H14FN3O/c16-11-8-12(9-4-2-1-3-5-9)19-15(11)17-14(18-19)13(20)10-6-7-10/h1-5,10-12H,6-8H2/i11D. The van der Waals surface area contributed by atoms with Gasteiger partial charge in [-0.1, -0.05) is 30.3 Å². The van der Waals surface area contributed by atoms with Gasteiger partial charge in [0, 0.05) is 12.3 Å². The molecular formula is C15H14FN3O. The van der Waals surface area contributed by atoms with Gasteiger partial charge < -0.3 is 0 Å². The van der Waals surface area contributed by atoms with Crippen LogP contribution in [0.3, 0.4) is 0 Å². The van der Waals surface area contributed by atoms with Crippen LogP contribution in [0.4, 0.5) is 4.39 Å². The number of Topliss-reactive ketones (excluding diaryl/α,β-unsaturated/α-hetero) is 1. The van der Waals surface area contributed by atoms with Crippen LogP contribution in [0.1, 0.15) is 54.8 Å². The Morgan fingerprint density at radius 1 is 1.35 bits per heavy atom. The maximum atomic E-state index is 14.5. The van der Waals surface area contributed by atoms with Crippen LogP contribution < -0.4 is 0 Å². The summed E-state index contributed by atoms with van der Waals surface area (Å²) in [5.41, 5.74) is 0.876. The Morgan fingerprint density at radius 2 is 2.10 bits per heavy atom. The first-order valence-corrected chi connectivity index (χ1v) is 6.81. The van der Waals surface area contributed by atoms with Crippen molar-refractivity contribution in [2.75, 3.05) is 0 Å². The van der Waals surface area contributed by atoms with Gasteiger partial charge in [0.2, 0.25) is 11.6 Å². The smallest absolute Gasteiger partial charge is 0.217 e. The second-order valence-corrected chi connectivity index (χ2v) is 5.38. The number of aromatic nitrogens is 3. The van der Waals surface area contributed by atoms with Crippen molar-refractivity contribution in [3.8, 4) is 0 Å². The Kier molecular flexibility index (Phi) is 2.27. The highest BCUT2D eigenvalue weighted by Gasteiger charge is 2.39. The van der Waals surface area contributed by atoms with Crippen LogP contribution >= 0.6 is 0 Å². The van der Waals surface area contributed by atoms with Crippen molar-refractivity contribution in [1.82, 2.24) is 14.8 Å². The predicted molar refractivity (Wildman–Crippen MR) is 70.1 cm³/mol. The maximum Gasteiger partial charge on any atom is 0.217 e. The monoisotopic (exact) mass is 272 g/mol. The first kappa shape index (κ1) is 10.7. The fraction of sp³-hybridized carbons (Fsp3) is 0.400. The van der Waals surface area contributed by atoms with Crippen LogP contribution in [0.15, 0.2) is 30.3 Å². The normalized spacial score (nSPS) is 29.1. The fourth-order valence-corrected chi connectivity index (χ4v) is 2.64. The second kappa shape index (κ2) is 4.23. The summed E-state index contributed by atoms with van der Waals surface area (Å²) in [7, 11) is 0. The first-order chi connectivity index (χ1) is 10.1. The van der Waals surface area contributed by atoms with Gasteiger partial charge in [-0.15, -0.1) is 5.10 Å². The summed E-state index contributed by atoms with van der Waals surface area (Å²) in [6, 6.07) is 8.98. The van der Waals surface area contributed by atoms with Crippen molar-refractivity contribution < 1.29 is 10.6 Å². The van der Waals surface area contributed by atoms with Gasteiger partial charge in [0.25, 0.3) is 0 Å². The lowest BCUT2D eigenvalue weighted by molar-refractivity contribution is 0.0956. The Morgan fingerprint density at radius 3 is 2.80 bits per heavy atom. The number of rotatable bonds is 3. The van der Waals surface area contributed by atoms with Gasteiger partial charge in [-0.3, -0.25) is 4.79 Å². The molecule has 4 nitrogen and oxygen atoms in total. The number of benzene rings is 1. The Hall–Kier alpha value is -2.04. The summed E-state index contributed by atoms with van der Waals surface area (Å²) in [5.74, 6) is -0.134. The average Bonchev–Trinajstić information content (AvgIpc) is 3.17. The molecule has 0 spiro atoms. The van der Waals surface area contributed by atoms with E-state index < -0.39 is 6.15 Å². The third-order valence-corrected chi connectivity index (χ3v) is 3.89. The zero-order valence-electron chi connectivity index (χ0n) is 11.8. The van der Waals surface area contributed by atoms with Gasteiger partial charge in [0.15, 0.2) is 12.0 Å².